The molecule has 0 fully saturated rings. The predicted octanol–water partition coefficient (Wildman–Crippen LogP) is 2.80. The third-order valence-corrected chi connectivity index (χ3v) is 3.60. The number of phenolic OH excluding ortho intramolecular Hbond substituents is 1. The zero-order valence-corrected chi connectivity index (χ0v) is 12.6. The lowest BCUT2D eigenvalue weighted by molar-refractivity contribution is -0.117. The molecule has 0 aliphatic heterocycles. The molecule has 0 aliphatic carbocycles. The number of phenols is 1. The maximum Gasteiger partial charge on any atom is 0.241 e. The van der Waals surface area contributed by atoms with Gasteiger partial charge in [0.05, 0.1) is 11.7 Å². The number of nitrogens with two attached hydrogens (primary N) is 1. The van der Waals surface area contributed by atoms with Crippen LogP contribution in [0.15, 0.2) is 46.9 Å². The Bertz CT molecular complexity index is 626. The summed E-state index contributed by atoms with van der Waals surface area (Å²) in [7, 11) is 0. The van der Waals surface area contributed by atoms with Gasteiger partial charge in [0.1, 0.15) is 11.6 Å². The van der Waals surface area contributed by atoms with E-state index >= 15 is 0 Å². The van der Waals surface area contributed by atoms with E-state index in [0.29, 0.717) is 4.47 Å². The first kappa shape index (κ1) is 15.5. The van der Waals surface area contributed by atoms with Crippen LogP contribution in [-0.2, 0) is 11.2 Å². The number of hydrogen-bond acceptors (Lipinski definition) is 3. The third-order valence-electron chi connectivity index (χ3n) is 2.94. The molecule has 2 rings (SSSR count). The summed E-state index contributed by atoms with van der Waals surface area (Å²) < 4.78 is 14.1. The summed E-state index contributed by atoms with van der Waals surface area (Å²) in [6, 6.07) is 10.0. The first-order valence-electron chi connectivity index (χ1n) is 6.25. The number of hydrogen-bond donors (Lipinski definition) is 3. The van der Waals surface area contributed by atoms with E-state index < -0.39 is 17.8 Å². The van der Waals surface area contributed by atoms with Crippen molar-refractivity contribution >= 4 is 27.5 Å². The molecule has 0 radical (unpaired) electrons. The van der Waals surface area contributed by atoms with E-state index in [9.17, 15) is 14.3 Å². The fourth-order valence-electron chi connectivity index (χ4n) is 1.81. The van der Waals surface area contributed by atoms with Crippen molar-refractivity contribution in [3.8, 4) is 5.75 Å². The summed E-state index contributed by atoms with van der Waals surface area (Å²) in [5.41, 5.74) is 6.70. The predicted molar refractivity (Wildman–Crippen MR) is 82.5 cm³/mol. The molecule has 0 saturated heterocycles. The van der Waals surface area contributed by atoms with Crippen molar-refractivity contribution in [3.05, 3.63) is 58.3 Å². The Morgan fingerprint density at radius 2 is 1.95 bits per heavy atom. The number of rotatable bonds is 4. The Hall–Kier alpha value is -1.92. The van der Waals surface area contributed by atoms with Crippen LogP contribution in [0.4, 0.5) is 10.1 Å². The molecule has 1 unspecified atom stereocenters. The molecule has 1 amide bonds. The molecule has 4 N–H and O–H groups in total. The smallest absolute Gasteiger partial charge is 0.241 e. The highest BCUT2D eigenvalue weighted by atomic mass is 79.9. The van der Waals surface area contributed by atoms with Gasteiger partial charge in [0.2, 0.25) is 5.91 Å². The second-order valence-corrected chi connectivity index (χ2v) is 5.42. The van der Waals surface area contributed by atoms with Gasteiger partial charge in [-0.15, -0.1) is 0 Å². The van der Waals surface area contributed by atoms with E-state index in [2.05, 4.69) is 21.2 Å². The Labute approximate surface area is 129 Å². The number of aromatic hydroxyl groups is 1. The maximum absolute atomic E-state index is 13.6. The summed E-state index contributed by atoms with van der Waals surface area (Å²) in [5.74, 6) is -0.865. The fourth-order valence-corrected chi connectivity index (χ4v) is 2.25. The molecule has 0 aliphatic rings. The van der Waals surface area contributed by atoms with Gasteiger partial charge in [-0.05, 0) is 52.2 Å². The number of carbonyl (C=O) groups is 1. The molecule has 0 aromatic heterocycles. The fraction of sp³-hybridized carbons (Fsp3) is 0.133. The molecular weight excluding hydrogens is 339 g/mol. The number of amides is 1. The second kappa shape index (κ2) is 6.69. The molecule has 110 valence electrons. The van der Waals surface area contributed by atoms with Crippen molar-refractivity contribution < 1.29 is 14.3 Å². The van der Waals surface area contributed by atoms with Crippen LogP contribution in [0.25, 0.3) is 0 Å². The van der Waals surface area contributed by atoms with Crippen LogP contribution in [0, 0.1) is 5.82 Å². The molecule has 4 nitrogen and oxygen atoms in total. The van der Waals surface area contributed by atoms with E-state index in [0.717, 1.165) is 5.56 Å². The molecule has 1 atom stereocenters. The monoisotopic (exact) mass is 352 g/mol. The average molecular weight is 353 g/mol. The van der Waals surface area contributed by atoms with Crippen LogP contribution in [-0.4, -0.2) is 17.1 Å². The highest BCUT2D eigenvalue weighted by Gasteiger charge is 2.17. The van der Waals surface area contributed by atoms with Crippen LogP contribution >= 0.6 is 15.9 Å². The summed E-state index contributed by atoms with van der Waals surface area (Å²) in [5, 5.41) is 11.7. The first-order chi connectivity index (χ1) is 9.97. The van der Waals surface area contributed by atoms with E-state index in [4.69, 9.17) is 5.73 Å². The van der Waals surface area contributed by atoms with Crippen molar-refractivity contribution in [2.45, 2.75) is 12.5 Å². The zero-order chi connectivity index (χ0) is 15.4. The van der Waals surface area contributed by atoms with E-state index in [1.807, 2.05) is 0 Å². The highest BCUT2D eigenvalue weighted by Crippen LogP contribution is 2.25. The van der Waals surface area contributed by atoms with Gasteiger partial charge in [-0.1, -0.05) is 18.2 Å². The van der Waals surface area contributed by atoms with Crippen molar-refractivity contribution in [2.24, 2.45) is 5.73 Å². The Morgan fingerprint density at radius 3 is 2.57 bits per heavy atom. The molecule has 0 heterocycles. The van der Waals surface area contributed by atoms with Crippen LogP contribution < -0.4 is 11.1 Å². The lowest BCUT2D eigenvalue weighted by Crippen LogP contribution is -2.37. The van der Waals surface area contributed by atoms with Crippen LogP contribution in [0.3, 0.4) is 0 Å². The van der Waals surface area contributed by atoms with Crippen molar-refractivity contribution in [1.29, 1.82) is 0 Å². The lowest BCUT2D eigenvalue weighted by atomic mass is 10.1. The molecule has 21 heavy (non-hydrogen) atoms. The van der Waals surface area contributed by atoms with E-state index in [-0.39, 0.29) is 17.9 Å². The van der Waals surface area contributed by atoms with Gasteiger partial charge in [0.15, 0.2) is 0 Å². The topological polar surface area (TPSA) is 75.3 Å². The van der Waals surface area contributed by atoms with Gasteiger partial charge in [-0.25, -0.2) is 4.39 Å². The maximum atomic E-state index is 13.6. The summed E-state index contributed by atoms with van der Waals surface area (Å²) in [6.07, 6.45) is 0.290. The van der Waals surface area contributed by atoms with Crippen molar-refractivity contribution in [1.82, 2.24) is 0 Å². The van der Waals surface area contributed by atoms with Gasteiger partial charge in [0.25, 0.3) is 0 Å². The Morgan fingerprint density at radius 1 is 1.29 bits per heavy atom. The number of carbonyl (C=O) groups excluding carboxylic acids is 1. The SMILES string of the molecule is NC(Cc1ccc(O)cc1)C(=O)Nc1c(F)cccc1Br. The molecule has 6 heteroatoms. The number of halogens is 2. The molecule has 2 aromatic rings. The largest absolute Gasteiger partial charge is 0.508 e. The highest BCUT2D eigenvalue weighted by molar-refractivity contribution is 9.10. The van der Waals surface area contributed by atoms with Crippen LogP contribution in [0.5, 0.6) is 5.75 Å². The Kier molecular flexibility index (Phi) is 4.93. The van der Waals surface area contributed by atoms with Gasteiger partial charge < -0.3 is 16.2 Å². The summed E-state index contributed by atoms with van der Waals surface area (Å²) >= 11 is 3.18. The van der Waals surface area contributed by atoms with Crippen molar-refractivity contribution in [2.75, 3.05) is 5.32 Å². The Balaban J connectivity index is 2.04. The van der Waals surface area contributed by atoms with Gasteiger partial charge in [0, 0.05) is 4.47 Å². The molecule has 0 bridgehead atoms. The average Bonchev–Trinajstić information content (AvgIpc) is 2.45. The number of benzene rings is 2. The quantitative estimate of drug-likeness (QED) is 0.791. The van der Waals surface area contributed by atoms with Gasteiger partial charge >= 0.3 is 0 Å². The second-order valence-electron chi connectivity index (χ2n) is 4.56. The summed E-state index contributed by atoms with van der Waals surface area (Å²) in [4.78, 5) is 12.0. The minimum Gasteiger partial charge on any atom is -0.508 e. The number of anilines is 1. The van der Waals surface area contributed by atoms with Gasteiger partial charge in [-0.3, -0.25) is 4.79 Å². The third kappa shape index (κ3) is 4.03. The minimum atomic E-state index is -0.818. The van der Waals surface area contributed by atoms with E-state index in [1.54, 1.807) is 18.2 Å². The molecule has 0 spiro atoms. The van der Waals surface area contributed by atoms with E-state index in [1.165, 1.54) is 24.3 Å². The van der Waals surface area contributed by atoms with Gasteiger partial charge in [-0.2, -0.15) is 0 Å². The van der Waals surface area contributed by atoms with Crippen LogP contribution in [0.2, 0.25) is 0 Å². The van der Waals surface area contributed by atoms with Crippen LogP contribution in [0.1, 0.15) is 5.56 Å². The molecule has 0 saturated carbocycles. The lowest BCUT2D eigenvalue weighted by Gasteiger charge is -2.14. The zero-order valence-electron chi connectivity index (χ0n) is 11.0. The number of nitrogens with one attached hydrogen (secondary N) is 1. The molecular formula is C15H14BrFN2O2. The van der Waals surface area contributed by atoms with Crippen molar-refractivity contribution in [3.63, 3.8) is 0 Å². The molecule has 2 aromatic carbocycles. The number of para-hydroxylation sites is 1. The summed E-state index contributed by atoms with van der Waals surface area (Å²) in [6.45, 7) is 0. The normalized spacial score (nSPS) is 12.0. The minimum absolute atomic E-state index is 0.0728. The standard InChI is InChI=1S/C15H14BrFN2O2/c16-11-2-1-3-12(17)14(11)19-15(21)13(18)8-9-4-6-10(20)7-5-9/h1-7,13,20H,8,18H2,(H,19,21). The first-order valence-corrected chi connectivity index (χ1v) is 7.05.